The number of anilines is 1. The van der Waals surface area contributed by atoms with Crippen LogP contribution in [0.15, 0.2) is 0 Å². The third-order valence-electron chi connectivity index (χ3n) is 4.51. The highest BCUT2D eigenvalue weighted by atomic mass is 32.1. The Morgan fingerprint density at radius 1 is 1.22 bits per heavy atom. The molecule has 7 nitrogen and oxygen atoms in total. The number of hydrogen-bond donors (Lipinski definition) is 1. The van der Waals surface area contributed by atoms with Crippen LogP contribution in [0.25, 0.3) is 0 Å². The number of carbonyl (C=O) groups is 3. The van der Waals surface area contributed by atoms with Gasteiger partial charge in [0.15, 0.2) is 0 Å². The summed E-state index contributed by atoms with van der Waals surface area (Å²) in [6.07, 6.45) is 4.47. The lowest BCUT2D eigenvalue weighted by Gasteiger charge is -2.19. The van der Waals surface area contributed by atoms with Crippen molar-refractivity contribution >= 4 is 34.2 Å². The molecule has 8 heteroatoms. The van der Waals surface area contributed by atoms with Gasteiger partial charge in [-0.3, -0.25) is 19.3 Å². The maximum absolute atomic E-state index is 12.3. The molecule has 0 spiro atoms. The fourth-order valence-electron chi connectivity index (χ4n) is 3.29. The molecule has 0 radical (unpaired) electrons. The lowest BCUT2D eigenvalue weighted by atomic mass is 9.81. The van der Waals surface area contributed by atoms with Gasteiger partial charge in [-0.15, -0.1) is 10.2 Å². The zero-order valence-corrected chi connectivity index (χ0v) is 13.9. The Morgan fingerprint density at radius 2 is 1.87 bits per heavy atom. The number of carbonyl (C=O) groups excluding carboxylic acids is 3. The van der Waals surface area contributed by atoms with Gasteiger partial charge in [0.2, 0.25) is 22.9 Å². The Morgan fingerprint density at radius 3 is 2.43 bits per heavy atom. The van der Waals surface area contributed by atoms with Gasteiger partial charge in [-0.1, -0.05) is 31.1 Å². The van der Waals surface area contributed by atoms with E-state index in [1.807, 2.05) is 6.92 Å². The molecule has 1 aromatic heterocycles. The summed E-state index contributed by atoms with van der Waals surface area (Å²) in [4.78, 5) is 37.9. The quantitative estimate of drug-likeness (QED) is 0.825. The lowest BCUT2D eigenvalue weighted by molar-refractivity contribution is -0.140. The first-order chi connectivity index (χ1) is 11.1. The molecule has 2 aliphatic rings. The second-order valence-corrected chi connectivity index (χ2v) is 7.04. The molecule has 2 fully saturated rings. The monoisotopic (exact) mass is 336 g/mol. The van der Waals surface area contributed by atoms with Crippen LogP contribution in [0.1, 0.15) is 44.0 Å². The smallest absolute Gasteiger partial charge is 0.233 e. The molecule has 1 saturated heterocycles. The predicted octanol–water partition coefficient (Wildman–Crippen LogP) is 1.60. The first-order valence-corrected chi connectivity index (χ1v) is 8.89. The second kappa shape index (κ2) is 6.74. The first-order valence-electron chi connectivity index (χ1n) is 8.07. The number of fused-ring (bicyclic) bond motifs is 1. The van der Waals surface area contributed by atoms with Crippen LogP contribution >= 0.6 is 11.3 Å². The molecule has 1 aliphatic heterocycles. The van der Waals surface area contributed by atoms with E-state index in [1.54, 1.807) is 0 Å². The van der Waals surface area contributed by atoms with Gasteiger partial charge in [0.25, 0.3) is 0 Å². The van der Waals surface area contributed by atoms with Gasteiger partial charge in [0.1, 0.15) is 5.01 Å². The minimum Gasteiger partial charge on any atom is -0.300 e. The molecule has 0 bridgehead atoms. The zero-order chi connectivity index (χ0) is 16.4. The van der Waals surface area contributed by atoms with Gasteiger partial charge in [0, 0.05) is 13.0 Å². The summed E-state index contributed by atoms with van der Waals surface area (Å²) in [5.41, 5.74) is 0. The maximum Gasteiger partial charge on any atom is 0.233 e. The molecule has 1 aromatic rings. The molecule has 3 rings (SSSR count). The largest absolute Gasteiger partial charge is 0.300 e. The molecule has 0 aromatic carbocycles. The fraction of sp³-hybridized carbons (Fsp3) is 0.667. The number of nitrogens with one attached hydrogen (secondary N) is 1. The van der Waals surface area contributed by atoms with Crippen LogP contribution in [0, 0.1) is 11.8 Å². The van der Waals surface area contributed by atoms with E-state index in [1.165, 1.54) is 16.2 Å². The Kier molecular flexibility index (Phi) is 4.70. The van der Waals surface area contributed by atoms with Crippen molar-refractivity contribution < 1.29 is 14.4 Å². The van der Waals surface area contributed by atoms with E-state index in [0.717, 1.165) is 37.1 Å². The molecular formula is C15H20N4O3S. The number of nitrogens with zero attached hydrogens (tertiary/aromatic N) is 3. The molecule has 124 valence electrons. The van der Waals surface area contributed by atoms with Crippen molar-refractivity contribution in [2.45, 2.75) is 45.4 Å². The molecule has 1 saturated carbocycles. The third-order valence-corrected chi connectivity index (χ3v) is 5.49. The average Bonchev–Trinajstić information content (AvgIpc) is 3.10. The topological polar surface area (TPSA) is 92.3 Å². The van der Waals surface area contributed by atoms with Crippen molar-refractivity contribution in [1.29, 1.82) is 0 Å². The highest BCUT2D eigenvalue weighted by molar-refractivity contribution is 7.15. The van der Waals surface area contributed by atoms with Crippen LogP contribution in [0.2, 0.25) is 0 Å². The van der Waals surface area contributed by atoms with Crippen molar-refractivity contribution in [3.05, 3.63) is 5.01 Å². The minimum atomic E-state index is -0.251. The number of rotatable bonds is 5. The van der Waals surface area contributed by atoms with Crippen LogP contribution in [0.3, 0.4) is 0 Å². The van der Waals surface area contributed by atoms with Gasteiger partial charge in [0.05, 0.1) is 11.8 Å². The predicted molar refractivity (Wildman–Crippen MR) is 84.7 cm³/mol. The minimum absolute atomic E-state index is 0.0952. The van der Waals surface area contributed by atoms with E-state index in [9.17, 15) is 14.4 Å². The summed E-state index contributed by atoms with van der Waals surface area (Å²) < 4.78 is 0. The van der Waals surface area contributed by atoms with Gasteiger partial charge in [-0.05, 0) is 19.3 Å². The van der Waals surface area contributed by atoms with Crippen molar-refractivity contribution in [2.24, 2.45) is 11.8 Å². The van der Waals surface area contributed by atoms with Crippen molar-refractivity contribution in [2.75, 3.05) is 11.9 Å². The highest BCUT2D eigenvalue weighted by Crippen LogP contribution is 2.37. The summed E-state index contributed by atoms with van der Waals surface area (Å²) in [5.74, 6) is -0.767. The molecule has 3 amide bonds. The summed E-state index contributed by atoms with van der Waals surface area (Å²) in [7, 11) is 0. The lowest BCUT2D eigenvalue weighted by Crippen LogP contribution is -2.34. The molecule has 0 unspecified atom stereocenters. The zero-order valence-electron chi connectivity index (χ0n) is 13.1. The van der Waals surface area contributed by atoms with Crippen molar-refractivity contribution in [3.63, 3.8) is 0 Å². The number of imide groups is 1. The summed E-state index contributed by atoms with van der Waals surface area (Å²) >= 11 is 1.34. The van der Waals surface area contributed by atoms with E-state index in [2.05, 4.69) is 15.5 Å². The molecule has 23 heavy (non-hydrogen) atoms. The number of aryl methyl sites for hydroxylation is 1. The number of hydrogen-bond acceptors (Lipinski definition) is 6. The molecule has 1 aliphatic carbocycles. The molecular weight excluding hydrogens is 316 g/mol. The van der Waals surface area contributed by atoms with E-state index < -0.39 is 0 Å². The van der Waals surface area contributed by atoms with Gasteiger partial charge < -0.3 is 5.32 Å². The van der Waals surface area contributed by atoms with Crippen LogP contribution in [0.4, 0.5) is 5.13 Å². The van der Waals surface area contributed by atoms with Gasteiger partial charge >= 0.3 is 0 Å². The van der Waals surface area contributed by atoms with E-state index in [-0.39, 0.29) is 42.5 Å². The number of aromatic nitrogens is 2. The Bertz CT molecular complexity index is 606. The summed E-state index contributed by atoms with van der Waals surface area (Å²) in [5, 5.41) is 11.8. The molecule has 2 atom stereocenters. The Labute approximate surface area is 138 Å². The van der Waals surface area contributed by atoms with E-state index in [0.29, 0.717) is 5.13 Å². The SMILES string of the molecule is CCc1nnc(NC(=O)CCN2C(=O)[C@H]3CCCC[C@H]3C2=O)s1. The summed E-state index contributed by atoms with van der Waals surface area (Å²) in [6, 6.07) is 0. The van der Waals surface area contributed by atoms with Crippen LogP contribution in [0.5, 0.6) is 0 Å². The Hall–Kier alpha value is -1.83. The standard InChI is InChI=1S/C15H20N4O3S/c1-2-12-17-18-15(23-12)16-11(20)7-8-19-13(21)9-5-3-4-6-10(9)14(19)22/h9-10H,2-8H2,1H3,(H,16,18,20)/t9-,10+. The van der Waals surface area contributed by atoms with Gasteiger partial charge in [-0.2, -0.15) is 0 Å². The van der Waals surface area contributed by atoms with Crippen LogP contribution in [-0.2, 0) is 20.8 Å². The van der Waals surface area contributed by atoms with E-state index >= 15 is 0 Å². The van der Waals surface area contributed by atoms with Crippen molar-refractivity contribution in [3.8, 4) is 0 Å². The average molecular weight is 336 g/mol. The summed E-state index contributed by atoms with van der Waals surface area (Å²) in [6.45, 7) is 2.12. The highest BCUT2D eigenvalue weighted by Gasteiger charge is 2.47. The number of amides is 3. The van der Waals surface area contributed by atoms with E-state index in [4.69, 9.17) is 0 Å². The molecule has 2 heterocycles. The Balaban J connectivity index is 1.54. The third kappa shape index (κ3) is 3.26. The maximum atomic E-state index is 12.3. The van der Waals surface area contributed by atoms with Gasteiger partial charge in [-0.25, -0.2) is 0 Å². The normalized spacial score (nSPS) is 24.0. The first kappa shape index (κ1) is 16.0. The fourth-order valence-corrected chi connectivity index (χ4v) is 3.99. The van der Waals surface area contributed by atoms with Crippen LogP contribution in [-0.4, -0.2) is 39.4 Å². The van der Waals surface area contributed by atoms with Crippen molar-refractivity contribution in [1.82, 2.24) is 15.1 Å². The van der Waals surface area contributed by atoms with Crippen LogP contribution < -0.4 is 5.32 Å². The molecule has 1 N–H and O–H groups in total. The second-order valence-electron chi connectivity index (χ2n) is 5.98. The number of likely N-dealkylation sites (tertiary alicyclic amines) is 1.